The van der Waals surface area contributed by atoms with Crippen LogP contribution in [0, 0.1) is 11.3 Å². The van der Waals surface area contributed by atoms with Gasteiger partial charge in [-0.05, 0) is 31.9 Å². The van der Waals surface area contributed by atoms with Crippen molar-refractivity contribution in [1.82, 2.24) is 9.21 Å². The zero-order valence-electron chi connectivity index (χ0n) is 11.9. The molecule has 0 N–H and O–H groups in total. The van der Waals surface area contributed by atoms with Gasteiger partial charge in [-0.2, -0.15) is 5.26 Å². The lowest BCUT2D eigenvalue weighted by atomic mass is 10.3. The topological polar surface area (TPSA) is 64.4 Å². The van der Waals surface area contributed by atoms with Crippen molar-refractivity contribution in [2.45, 2.75) is 31.1 Å². The standard InChI is InChI=1S/C14H19N3O2S2/c15-8-12-7-13(20-11-12)9-16-6-3-14(10-16)21(18,19)17-4-1-2-5-17/h7,11,14H,1-6,9-10H2. The molecule has 114 valence electrons. The number of sulfonamides is 1. The average molecular weight is 325 g/mol. The van der Waals surface area contributed by atoms with E-state index in [1.807, 2.05) is 11.4 Å². The number of likely N-dealkylation sites (tertiary alicyclic amines) is 1. The molecule has 2 fully saturated rings. The largest absolute Gasteiger partial charge is 0.297 e. The molecule has 0 aromatic carbocycles. The molecule has 1 aromatic heterocycles. The average Bonchev–Trinajstić information content (AvgIpc) is 3.21. The Labute approximate surface area is 129 Å². The van der Waals surface area contributed by atoms with E-state index in [1.165, 1.54) is 0 Å². The lowest BCUT2D eigenvalue weighted by Gasteiger charge is -2.21. The highest BCUT2D eigenvalue weighted by Crippen LogP contribution is 2.25. The van der Waals surface area contributed by atoms with Crippen molar-refractivity contribution in [1.29, 1.82) is 5.26 Å². The second kappa shape index (κ2) is 6.05. The van der Waals surface area contributed by atoms with Crippen LogP contribution in [-0.4, -0.2) is 49.1 Å². The van der Waals surface area contributed by atoms with Crippen molar-refractivity contribution in [3.05, 3.63) is 21.9 Å². The van der Waals surface area contributed by atoms with Gasteiger partial charge in [0.25, 0.3) is 0 Å². The third-order valence-electron chi connectivity index (χ3n) is 4.24. The molecule has 3 rings (SSSR count). The summed E-state index contributed by atoms with van der Waals surface area (Å²) in [5.41, 5.74) is 0.690. The van der Waals surface area contributed by atoms with E-state index in [9.17, 15) is 8.42 Å². The highest BCUT2D eigenvalue weighted by atomic mass is 32.2. The highest BCUT2D eigenvalue weighted by molar-refractivity contribution is 7.89. The molecule has 0 radical (unpaired) electrons. The van der Waals surface area contributed by atoms with Gasteiger partial charge >= 0.3 is 0 Å². The molecule has 0 bridgehead atoms. The number of hydrogen-bond donors (Lipinski definition) is 0. The Kier molecular flexibility index (Phi) is 4.31. The van der Waals surface area contributed by atoms with Crippen LogP contribution in [0.4, 0.5) is 0 Å². The monoisotopic (exact) mass is 325 g/mol. The van der Waals surface area contributed by atoms with E-state index < -0.39 is 10.0 Å². The Morgan fingerprint density at radius 1 is 1.33 bits per heavy atom. The summed E-state index contributed by atoms with van der Waals surface area (Å²) in [6.07, 6.45) is 2.69. The van der Waals surface area contributed by atoms with Gasteiger partial charge in [-0.25, -0.2) is 12.7 Å². The molecule has 3 heterocycles. The lowest BCUT2D eigenvalue weighted by Crippen LogP contribution is -2.38. The molecule has 1 atom stereocenters. The molecular weight excluding hydrogens is 306 g/mol. The molecule has 2 aliphatic heterocycles. The minimum absolute atomic E-state index is 0.258. The van der Waals surface area contributed by atoms with Crippen molar-refractivity contribution in [3.8, 4) is 6.07 Å². The van der Waals surface area contributed by atoms with Gasteiger partial charge in [0.15, 0.2) is 0 Å². The molecule has 1 aromatic rings. The summed E-state index contributed by atoms with van der Waals surface area (Å²) in [6.45, 7) is 3.55. The summed E-state index contributed by atoms with van der Waals surface area (Å²) in [5, 5.41) is 10.4. The molecule has 0 spiro atoms. The van der Waals surface area contributed by atoms with Gasteiger partial charge in [0.1, 0.15) is 6.07 Å². The van der Waals surface area contributed by atoms with Crippen LogP contribution >= 0.6 is 11.3 Å². The fourth-order valence-corrected chi connectivity index (χ4v) is 5.92. The van der Waals surface area contributed by atoms with Crippen LogP contribution in [0.25, 0.3) is 0 Å². The first-order valence-corrected chi connectivity index (χ1v) is 9.67. The van der Waals surface area contributed by atoms with Crippen molar-refractivity contribution >= 4 is 21.4 Å². The molecule has 0 saturated carbocycles. The molecule has 0 aliphatic carbocycles. The molecule has 2 aliphatic rings. The highest BCUT2D eigenvalue weighted by Gasteiger charge is 2.38. The first-order chi connectivity index (χ1) is 10.1. The quantitative estimate of drug-likeness (QED) is 0.844. The van der Waals surface area contributed by atoms with Crippen LogP contribution in [-0.2, 0) is 16.6 Å². The summed E-state index contributed by atoms with van der Waals surface area (Å²) >= 11 is 1.57. The molecule has 7 heteroatoms. The van der Waals surface area contributed by atoms with Gasteiger partial charge in [0.05, 0.1) is 10.8 Å². The minimum atomic E-state index is -3.12. The lowest BCUT2D eigenvalue weighted by molar-refractivity contribution is 0.333. The second-order valence-electron chi connectivity index (χ2n) is 5.71. The van der Waals surface area contributed by atoms with Crippen molar-refractivity contribution in [2.24, 2.45) is 0 Å². The zero-order chi connectivity index (χ0) is 14.9. The summed E-state index contributed by atoms with van der Waals surface area (Å²) in [5.74, 6) is 0. The SMILES string of the molecule is N#Cc1csc(CN2CCC(S(=O)(=O)N3CCCC3)C2)c1. The van der Waals surface area contributed by atoms with E-state index in [4.69, 9.17) is 5.26 Å². The Hall–Kier alpha value is -0.940. The number of nitrogens with zero attached hydrogens (tertiary/aromatic N) is 3. The summed E-state index contributed by atoms with van der Waals surface area (Å²) in [4.78, 5) is 3.32. The van der Waals surface area contributed by atoms with E-state index in [0.29, 0.717) is 25.2 Å². The number of rotatable bonds is 4. The smallest absolute Gasteiger partial charge is 0.218 e. The van der Waals surface area contributed by atoms with Gasteiger partial charge in [-0.15, -0.1) is 11.3 Å². The van der Waals surface area contributed by atoms with Crippen molar-refractivity contribution in [3.63, 3.8) is 0 Å². The number of thiophene rings is 1. The molecule has 1 unspecified atom stereocenters. The molecule has 21 heavy (non-hydrogen) atoms. The Balaban J connectivity index is 1.61. The second-order valence-corrected chi connectivity index (χ2v) is 8.92. The van der Waals surface area contributed by atoms with E-state index in [2.05, 4.69) is 11.0 Å². The number of nitriles is 1. The van der Waals surface area contributed by atoms with Crippen molar-refractivity contribution < 1.29 is 8.42 Å². The fourth-order valence-electron chi connectivity index (χ4n) is 3.08. The molecular formula is C14H19N3O2S2. The molecule has 0 amide bonds. The fraction of sp³-hybridized carbons (Fsp3) is 0.643. The van der Waals surface area contributed by atoms with Gasteiger partial charge in [0.2, 0.25) is 10.0 Å². The van der Waals surface area contributed by atoms with E-state index >= 15 is 0 Å². The van der Waals surface area contributed by atoms with E-state index in [1.54, 1.807) is 15.6 Å². The maximum atomic E-state index is 12.5. The summed E-state index contributed by atoms with van der Waals surface area (Å²) in [6, 6.07) is 4.03. The van der Waals surface area contributed by atoms with Crippen LogP contribution in [0.5, 0.6) is 0 Å². The summed E-state index contributed by atoms with van der Waals surface area (Å²) < 4.78 is 26.8. The Morgan fingerprint density at radius 2 is 2.10 bits per heavy atom. The predicted octanol–water partition coefficient (Wildman–Crippen LogP) is 1.62. The van der Waals surface area contributed by atoms with Gasteiger partial charge in [-0.3, -0.25) is 4.90 Å². The molecule has 5 nitrogen and oxygen atoms in total. The predicted molar refractivity (Wildman–Crippen MR) is 82.4 cm³/mol. The third-order valence-corrected chi connectivity index (χ3v) is 7.47. The normalized spacial score (nSPS) is 24.4. The van der Waals surface area contributed by atoms with Gasteiger partial charge in [-0.1, -0.05) is 0 Å². The first kappa shape index (κ1) is 15.0. The van der Waals surface area contributed by atoms with E-state index in [-0.39, 0.29) is 5.25 Å². The van der Waals surface area contributed by atoms with Crippen LogP contribution < -0.4 is 0 Å². The van der Waals surface area contributed by atoms with Gasteiger partial charge < -0.3 is 0 Å². The third kappa shape index (κ3) is 3.14. The van der Waals surface area contributed by atoms with Crippen LogP contribution in [0.3, 0.4) is 0 Å². The maximum Gasteiger partial charge on any atom is 0.218 e. The molecule has 2 saturated heterocycles. The van der Waals surface area contributed by atoms with Crippen molar-refractivity contribution in [2.75, 3.05) is 26.2 Å². The first-order valence-electron chi connectivity index (χ1n) is 7.28. The number of hydrogen-bond acceptors (Lipinski definition) is 5. The maximum absolute atomic E-state index is 12.5. The van der Waals surface area contributed by atoms with Crippen LogP contribution in [0.1, 0.15) is 29.7 Å². The van der Waals surface area contributed by atoms with E-state index in [0.717, 1.165) is 37.2 Å². The van der Waals surface area contributed by atoms with Crippen LogP contribution in [0.2, 0.25) is 0 Å². The Morgan fingerprint density at radius 3 is 2.76 bits per heavy atom. The minimum Gasteiger partial charge on any atom is -0.297 e. The zero-order valence-corrected chi connectivity index (χ0v) is 13.5. The summed E-state index contributed by atoms with van der Waals surface area (Å²) in [7, 11) is -3.12. The van der Waals surface area contributed by atoms with Crippen LogP contribution in [0.15, 0.2) is 11.4 Å². The Bertz CT molecular complexity index is 641. The van der Waals surface area contributed by atoms with Gasteiger partial charge in [0, 0.05) is 36.4 Å².